The molecule has 1 aromatic rings. The van der Waals surface area contributed by atoms with Gasteiger partial charge in [-0.3, -0.25) is 14.5 Å². The number of aliphatic carboxylic acids is 1. The quantitative estimate of drug-likeness (QED) is 0.880. The van der Waals surface area contributed by atoms with Gasteiger partial charge >= 0.3 is 5.97 Å². The highest BCUT2D eigenvalue weighted by atomic mass is 16.4. The highest BCUT2D eigenvalue weighted by Crippen LogP contribution is 2.38. The molecule has 0 bridgehead atoms. The van der Waals surface area contributed by atoms with Crippen LogP contribution in [0.25, 0.3) is 0 Å². The Morgan fingerprint density at radius 3 is 2.45 bits per heavy atom. The van der Waals surface area contributed by atoms with Gasteiger partial charge in [0, 0.05) is 24.3 Å². The first-order chi connectivity index (χ1) is 10.5. The molecule has 1 saturated heterocycles. The molecule has 1 aromatic heterocycles. The number of aromatic hydroxyl groups is 1. The van der Waals surface area contributed by atoms with Crippen LogP contribution in [-0.4, -0.2) is 38.7 Å². The fourth-order valence-corrected chi connectivity index (χ4v) is 3.34. The van der Waals surface area contributed by atoms with Crippen LogP contribution in [0, 0.1) is 12.8 Å². The van der Waals surface area contributed by atoms with Gasteiger partial charge in [-0.25, -0.2) is 0 Å². The SMILES string of the molecule is Cc1cc(=O)c(O)c(CN2CCC(C(=O)O)CC2)n1C1CC1. The molecule has 6 heteroatoms. The molecule has 120 valence electrons. The lowest BCUT2D eigenvalue weighted by molar-refractivity contribution is -0.143. The summed E-state index contributed by atoms with van der Waals surface area (Å²) in [5, 5.41) is 19.2. The summed E-state index contributed by atoms with van der Waals surface area (Å²) in [5.74, 6) is -1.15. The average Bonchev–Trinajstić information content (AvgIpc) is 3.29. The van der Waals surface area contributed by atoms with Crippen LogP contribution >= 0.6 is 0 Å². The van der Waals surface area contributed by atoms with Crippen LogP contribution in [-0.2, 0) is 11.3 Å². The van der Waals surface area contributed by atoms with Crippen molar-refractivity contribution in [2.75, 3.05) is 13.1 Å². The van der Waals surface area contributed by atoms with E-state index in [1.807, 2.05) is 6.92 Å². The molecule has 3 rings (SSSR count). The number of hydrogen-bond donors (Lipinski definition) is 2. The zero-order chi connectivity index (χ0) is 15.9. The summed E-state index contributed by atoms with van der Waals surface area (Å²) in [6.45, 7) is 3.78. The van der Waals surface area contributed by atoms with Crippen molar-refractivity contribution in [3.63, 3.8) is 0 Å². The van der Waals surface area contributed by atoms with Gasteiger partial charge < -0.3 is 14.8 Å². The van der Waals surface area contributed by atoms with Gasteiger partial charge in [-0.2, -0.15) is 0 Å². The normalized spacial score (nSPS) is 20.2. The van der Waals surface area contributed by atoms with Crippen molar-refractivity contribution >= 4 is 5.97 Å². The number of piperidine rings is 1. The molecule has 0 radical (unpaired) electrons. The van der Waals surface area contributed by atoms with Crippen molar-refractivity contribution in [2.24, 2.45) is 5.92 Å². The van der Waals surface area contributed by atoms with E-state index in [1.54, 1.807) is 0 Å². The molecule has 0 aromatic carbocycles. The first kappa shape index (κ1) is 15.1. The summed E-state index contributed by atoms with van der Waals surface area (Å²) in [7, 11) is 0. The number of hydrogen-bond acceptors (Lipinski definition) is 4. The number of aromatic nitrogens is 1. The van der Waals surface area contributed by atoms with Crippen molar-refractivity contribution in [1.82, 2.24) is 9.47 Å². The van der Waals surface area contributed by atoms with E-state index in [1.165, 1.54) is 6.07 Å². The Labute approximate surface area is 129 Å². The molecule has 2 heterocycles. The highest BCUT2D eigenvalue weighted by molar-refractivity contribution is 5.70. The lowest BCUT2D eigenvalue weighted by Crippen LogP contribution is -2.37. The van der Waals surface area contributed by atoms with Gasteiger partial charge in [0.1, 0.15) is 0 Å². The average molecular weight is 306 g/mol. The molecule has 1 saturated carbocycles. The van der Waals surface area contributed by atoms with Gasteiger partial charge in [0.15, 0.2) is 5.75 Å². The lowest BCUT2D eigenvalue weighted by Gasteiger charge is -2.31. The van der Waals surface area contributed by atoms with Gasteiger partial charge in [-0.05, 0) is 45.7 Å². The van der Waals surface area contributed by atoms with Crippen LogP contribution < -0.4 is 5.43 Å². The number of carboxylic acid groups (broad SMARTS) is 1. The third-order valence-electron chi connectivity index (χ3n) is 4.74. The van der Waals surface area contributed by atoms with Crippen LogP contribution in [0.1, 0.15) is 43.1 Å². The van der Waals surface area contributed by atoms with Crippen molar-refractivity contribution in [3.8, 4) is 5.75 Å². The van der Waals surface area contributed by atoms with Crippen molar-refractivity contribution in [2.45, 2.75) is 45.2 Å². The molecule has 0 amide bonds. The largest absolute Gasteiger partial charge is 0.503 e. The zero-order valence-electron chi connectivity index (χ0n) is 12.8. The molecule has 0 atom stereocenters. The standard InChI is InChI=1S/C16H22N2O4/c1-10-8-14(19)15(20)13(18(10)12-2-3-12)9-17-6-4-11(5-7-17)16(21)22/h8,11-12,20H,2-7,9H2,1H3,(H,21,22). The van der Waals surface area contributed by atoms with Gasteiger partial charge in [-0.15, -0.1) is 0 Å². The van der Waals surface area contributed by atoms with E-state index in [9.17, 15) is 14.7 Å². The summed E-state index contributed by atoms with van der Waals surface area (Å²) >= 11 is 0. The van der Waals surface area contributed by atoms with E-state index in [0.717, 1.165) is 18.5 Å². The Hall–Kier alpha value is -1.82. The summed E-state index contributed by atoms with van der Waals surface area (Å²) in [6, 6.07) is 1.88. The minimum atomic E-state index is -0.729. The summed E-state index contributed by atoms with van der Waals surface area (Å²) in [4.78, 5) is 25.0. The minimum Gasteiger partial charge on any atom is -0.503 e. The van der Waals surface area contributed by atoms with Crippen LogP contribution in [0.3, 0.4) is 0 Å². The maximum Gasteiger partial charge on any atom is 0.306 e. The fraction of sp³-hybridized carbons (Fsp3) is 0.625. The van der Waals surface area contributed by atoms with E-state index in [2.05, 4.69) is 9.47 Å². The molecule has 2 aliphatic rings. The lowest BCUT2D eigenvalue weighted by atomic mass is 9.97. The number of aryl methyl sites for hydroxylation is 1. The second-order valence-corrected chi connectivity index (χ2v) is 6.44. The van der Waals surface area contributed by atoms with Gasteiger partial charge in [-0.1, -0.05) is 0 Å². The molecular formula is C16H22N2O4. The Morgan fingerprint density at radius 2 is 1.91 bits per heavy atom. The molecule has 6 nitrogen and oxygen atoms in total. The number of carbonyl (C=O) groups is 1. The predicted octanol–water partition coefficient (Wildman–Crippen LogP) is 1.49. The number of carboxylic acids is 1. The molecule has 0 unspecified atom stereocenters. The molecule has 22 heavy (non-hydrogen) atoms. The topological polar surface area (TPSA) is 82.8 Å². The summed E-state index contributed by atoms with van der Waals surface area (Å²) in [6.07, 6.45) is 3.40. The van der Waals surface area contributed by atoms with E-state index >= 15 is 0 Å². The molecule has 0 spiro atoms. The Kier molecular flexibility index (Phi) is 3.95. The van der Waals surface area contributed by atoms with Crippen molar-refractivity contribution < 1.29 is 15.0 Å². The number of nitrogens with zero attached hydrogens (tertiary/aromatic N) is 2. The second kappa shape index (κ2) is 5.76. The Balaban J connectivity index is 1.81. The molecule has 1 aliphatic carbocycles. The molecule has 2 N–H and O–H groups in total. The number of likely N-dealkylation sites (tertiary alicyclic amines) is 1. The Bertz CT molecular complexity index is 640. The summed E-state index contributed by atoms with van der Waals surface area (Å²) in [5.41, 5.74) is 1.24. The van der Waals surface area contributed by atoms with Crippen molar-refractivity contribution in [3.05, 3.63) is 27.7 Å². The van der Waals surface area contributed by atoms with Crippen molar-refractivity contribution in [1.29, 1.82) is 0 Å². The van der Waals surface area contributed by atoms with Crippen LogP contribution in [0.15, 0.2) is 10.9 Å². The smallest absolute Gasteiger partial charge is 0.306 e. The van der Waals surface area contributed by atoms with E-state index in [-0.39, 0.29) is 17.1 Å². The van der Waals surface area contributed by atoms with E-state index in [0.29, 0.717) is 44.2 Å². The first-order valence-electron chi connectivity index (χ1n) is 7.86. The monoisotopic (exact) mass is 306 g/mol. The number of pyridine rings is 1. The minimum absolute atomic E-state index is 0.155. The first-order valence-corrected chi connectivity index (χ1v) is 7.86. The molecule has 2 fully saturated rings. The summed E-state index contributed by atoms with van der Waals surface area (Å²) < 4.78 is 2.08. The third-order valence-corrected chi connectivity index (χ3v) is 4.74. The van der Waals surface area contributed by atoms with E-state index < -0.39 is 5.97 Å². The van der Waals surface area contributed by atoms with Crippen LogP contribution in [0.4, 0.5) is 0 Å². The maximum absolute atomic E-state index is 11.9. The number of rotatable bonds is 4. The third kappa shape index (κ3) is 2.88. The van der Waals surface area contributed by atoms with Gasteiger partial charge in [0.05, 0.1) is 11.6 Å². The predicted molar refractivity (Wildman–Crippen MR) is 81.0 cm³/mol. The highest BCUT2D eigenvalue weighted by Gasteiger charge is 2.30. The second-order valence-electron chi connectivity index (χ2n) is 6.44. The van der Waals surface area contributed by atoms with E-state index in [4.69, 9.17) is 5.11 Å². The zero-order valence-corrected chi connectivity index (χ0v) is 12.8. The van der Waals surface area contributed by atoms with Gasteiger partial charge in [0.2, 0.25) is 5.43 Å². The molecule has 1 aliphatic heterocycles. The van der Waals surface area contributed by atoms with Crippen LogP contribution in [0.2, 0.25) is 0 Å². The van der Waals surface area contributed by atoms with Gasteiger partial charge in [0.25, 0.3) is 0 Å². The Morgan fingerprint density at radius 1 is 1.27 bits per heavy atom. The molecular weight excluding hydrogens is 284 g/mol. The van der Waals surface area contributed by atoms with Crippen LogP contribution in [0.5, 0.6) is 5.75 Å². The maximum atomic E-state index is 11.9. The fourth-order valence-electron chi connectivity index (χ4n) is 3.34.